The lowest BCUT2D eigenvalue weighted by Gasteiger charge is -2.21. The first kappa shape index (κ1) is 12.5. The van der Waals surface area contributed by atoms with Crippen molar-refractivity contribution in [2.75, 3.05) is 6.54 Å². The first-order valence-corrected chi connectivity index (χ1v) is 5.27. The number of hydrogen-bond acceptors (Lipinski definition) is 1. The maximum atomic E-state index is 12.7. The summed E-state index contributed by atoms with van der Waals surface area (Å²) >= 11 is 3.12. The van der Waals surface area contributed by atoms with Gasteiger partial charge in [-0.15, -0.1) is 0 Å². The summed E-state index contributed by atoms with van der Waals surface area (Å²) in [6, 6.07) is 6.35. The van der Waals surface area contributed by atoms with Crippen LogP contribution in [0.4, 0.5) is 13.2 Å². The molecule has 1 rings (SSSR count). The van der Waals surface area contributed by atoms with Crippen molar-refractivity contribution in [3.63, 3.8) is 0 Å². The molecule has 0 aliphatic heterocycles. The molecule has 0 bridgehead atoms. The van der Waals surface area contributed by atoms with Gasteiger partial charge in [0.15, 0.2) is 0 Å². The van der Waals surface area contributed by atoms with Crippen molar-refractivity contribution in [2.45, 2.75) is 18.5 Å². The number of halogens is 4. The van der Waals surface area contributed by atoms with Crippen LogP contribution in [0.15, 0.2) is 28.7 Å². The summed E-state index contributed by atoms with van der Waals surface area (Å²) in [5.41, 5.74) is 5.44. The highest BCUT2D eigenvalue weighted by atomic mass is 79.9. The zero-order chi connectivity index (χ0) is 11.5. The monoisotopic (exact) mass is 281 g/mol. The van der Waals surface area contributed by atoms with E-state index >= 15 is 0 Å². The highest BCUT2D eigenvalue weighted by molar-refractivity contribution is 9.10. The lowest BCUT2D eigenvalue weighted by molar-refractivity contribution is -0.151. The second kappa shape index (κ2) is 4.99. The average molecular weight is 282 g/mol. The van der Waals surface area contributed by atoms with Gasteiger partial charge in [-0.3, -0.25) is 0 Å². The molecular weight excluding hydrogens is 271 g/mol. The van der Waals surface area contributed by atoms with Crippen molar-refractivity contribution in [1.29, 1.82) is 0 Å². The maximum absolute atomic E-state index is 12.7. The molecule has 0 aliphatic carbocycles. The Kier molecular flexibility index (Phi) is 4.16. The molecule has 0 spiro atoms. The van der Waals surface area contributed by atoms with Crippen molar-refractivity contribution >= 4 is 15.9 Å². The third kappa shape index (κ3) is 3.21. The number of rotatable bonds is 3. The van der Waals surface area contributed by atoms with Gasteiger partial charge in [-0.05, 0) is 24.6 Å². The van der Waals surface area contributed by atoms with Gasteiger partial charge in [-0.2, -0.15) is 13.2 Å². The summed E-state index contributed by atoms with van der Waals surface area (Å²) in [4.78, 5) is 0. The van der Waals surface area contributed by atoms with Crippen LogP contribution in [0, 0.1) is 0 Å². The van der Waals surface area contributed by atoms with Crippen molar-refractivity contribution in [3.05, 3.63) is 34.3 Å². The minimum atomic E-state index is -4.25. The molecule has 0 amide bonds. The topological polar surface area (TPSA) is 26.0 Å². The summed E-state index contributed by atoms with van der Waals surface area (Å²) in [6.07, 6.45) is -4.34. The first-order valence-electron chi connectivity index (χ1n) is 4.48. The Morgan fingerprint density at radius 3 is 2.33 bits per heavy atom. The van der Waals surface area contributed by atoms with E-state index in [0.29, 0.717) is 4.47 Å². The Bertz CT molecular complexity index is 325. The molecule has 1 unspecified atom stereocenters. The predicted molar refractivity (Wildman–Crippen MR) is 56.6 cm³/mol. The molecule has 0 saturated heterocycles. The van der Waals surface area contributed by atoms with Gasteiger partial charge in [-0.1, -0.05) is 34.1 Å². The molecule has 1 aromatic rings. The molecule has 0 fully saturated rings. The molecule has 5 heteroatoms. The van der Waals surface area contributed by atoms with E-state index in [9.17, 15) is 13.2 Å². The summed E-state index contributed by atoms with van der Waals surface area (Å²) in [6.45, 7) is 0.0194. The van der Waals surface area contributed by atoms with Gasteiger partial charge < -0.3 is 5.73 Å². The van der Waals surface area contributed by atoms with Crippen LogP contribution in [0.5, 0.6) is 0 Å². The van der Waals surface area contributed by atoms with Crippen LogP contribution in [-0.2, 0) is 0 Å². The highest BCUT2D eigenvalue weighted by Crippen LogP contribution is 2.39. The van der Waals surface area contributed by atoms with Crippen LogP contribution in [0.1, 0.15) is 17.9 Å². The van der Waals surface area contributed by atoms with Gasteiger partial charge in [0.2, 0.25) is 0 Å². The Hall–Kier alpha value is -0.550. The second-order valence-corrected chi connectivity index (χ2v) is 4.05. The number of nitrogens with two attached hydrogens (primary N) is 1. The Morgan fingerprint density at radius 2 is 1.87 bits per heavy atom. The van der Waals surface area contributed by atoms with E-state index in [1.54, 1.807) is 18.2 Å². The molecule has 0 radical (unpaired) electrons. The Morgan fingerprint density at radius 1 is 1.27 bits per heavy atom. The second-order valence-electron chi connectivity index (χ2n) is 3.19. The SMILES string of the molecule is NCCC(c1ccccc1Br)C(F)(F)F. The fraction of sp³-hybridized carbons (Fsp3) is 0.400. The zero-order valence-corrected chi connectivity index (χ0v) is 9.48. The normalized spacial score (nSPS) is 13.9. The van der Waals surface area contributed by atoms with Crippen LogP contribution in [0.2, 0.25) is 0 Å². The third-order valence-electron chi connectivity index (χ3n) is 2.13. The van der Waals surface area contributed by atoms with Crippen LogP contribution >= 0.6 is 15.9 Å². The minimum Gasteiger partial charge on any atom is -0.330 e. The quantitative estimate of drug-likeness (QED) is 0.902. The Labute approximate surface area is 94.6 Å². The van der Waals surface area contributed by atoms with Crippen molar-refractivity contribution in [3.8, 4) is 0 Å². The van der Waals surface area contributed by atoms with E-state index < -0.39 is 12.1 Å². The lowest BCUT2D eigenvalue weighted by atomic mass is 9.95. The largest absolute Gasteiger partial charge is 0.395 e. The molecule has 0 aromatic heterocycles. The Balaban J connectivity index is 3.05. The van der Waals surface area contributed by atoms with Gasteiger partial charge in [0.05, 0.1) is 5.92 Å². The molecule has 0 aliphatic rings. The summed E-state index contributed by atoms with van der Waals surface area (Å²) in [5.74, 6) is -1.49. The predicted octanol–water partition coefficient (Wildman–Crippen LogP) is 3.44. The zero-order valence-electron chi connectivity index (χ0n) is 7.89. The van der Waals surface area contributed by atoms with Gasteiger partial charge in [-0.25, -0.2) is 0 Å². The minimum absolute atomic E-state index is 0.0194. The number of hydrogen-bond donors (Lipinski definition) is 1. The van der Waals surface area contributed by atoms with E-state index in [2.05, 4.69) is 15.9 Å². The summed E-state index contributed by atoms with van der Waals surface area (Å²) in [7, 11) is 0. The molecule has 0 saturated carbocycles. The summed E-state index contributed by atoms with van der Waals surface area (Å²) < 4.78 is 38.6. The average Bonchev–Trinajstić information content (AvgIpc) is 2.14. The first-order chi connectivity index (χ1) is 6.96. The van der Waals surface area contributed by atoms with E-state index in [4.69, 9.17) is 5.73 Å². The molecule has 1 nitrogen and oxygen atoms in total. The van der Waals surface area contributed by atoms with Gasteiger partial charge in [0.25, 0.3) is 0 Å². The number of alkyl halides is 3. The fourth-order valence-corrected chi connectivity index (χ4v) is 1.98. The third-order valence-corrected chi connectivity index (χ3v) is 2.85. The standard InChI is InChI=1S/C10H11BrF3N/c11-9-4-2-1-3-7(9)8(5-6-15)10(12,13)14/h1-4,8H,5-6,15H2. The van der Waals surface area contributed by atoms with Crippen LogP contribution in [-0.4, -0.2) is 12.7 Å². The fourth-order valence-electron chi connectivity index (χ4n) is 1.42. The van der Waals surface area contributed by atoms with Gasteiger partial charge in [0.1, 0.15) is 0 Å². The van der Waals surface area contributed by atoms with E-state index in [0.717, 1.165) is 0 Å². The van der Waals surface area contributed by atoms with Crippen molar-refractivity contribution in [2.24, 2.45) is 5.73 Å². The molecule has 15 heavy (non-hydrogen) atoms. The van der Waals surface area contributed by atoms with Crippen LogP contribution in [0.25, 0.3) is 0 Å². The molecular formula is C10H11BrF3N. The molecule has 84 valence electrons. The van der Waals surface area contributed by atoms with E-state index in [-0.39, 0.29) is 18.5 Å². The lowest BCUT2D eigenvalue weighted by Crippen LogP contribution is -2.23. The molecule has 1 atom stereocenters. The number of benzene rings is 1. The van der Waals surface area contributed by atoms with E-state index in [1.165, 1.54) is 6.07 Å². The van der Waals surface area contributed by atoms with Gasteiger partial charge in [0, 0.05) is 4.47 Å². The van der Waals surface area contributed by atoms with Crippen LogP contribution in [0.3, 0.4) is 0 Å². The molecule has 2 N–H and O–H groups in total. The summed E-state index contributed by atoms with van der Waals surface area (Å²) in [5, 5.41) is 0. The smallest absolute Gasteiger partial charge is 0.330 e. The molecule has 1 aromatic carbocycles. The highest BCUT2D eigenvalue weighted by Gasteiger charge is 2.40. The van der Waals surface area contributed by atoms with Gasteiger partial charge >= 0.3 is 6.18 Å². The van der Waals surface area contributed by atoms with Crippen molar-refractivity contribution in [1.82, 2.24) is 0 Å². The van der Waals surface area contributed by atoms with Crippen molar-refractivity contribution < 1.29 is 13.2 Å². The van der Waals surface area contributed by atoms with Crippen LogP contribution < -0.4 is 5.73 Å². The maximum Gasteiger partial charge on any atom is 0.395 e. The molecule has 0 heterocycles. The van der Waals surface area contributed by atoms with E-state index in [1.807, 2.05) is 0 Å².